The number of hydrogen-bond acceptors (Lipinski definition) is 2. The molecule has 0 saturated carbocycles. The third-order valence-electron chi connectivity index (χ3n) is 11.6. The molecule has 11 rings (SSSR count). The predicted octanol–water partition coefficient (Wildman–Crippen LogP) is 14.4. The Hall–Kier alpha value is -6.64. The van der Waals surface area contributed by atoms with Crippen LogP contribution in [-0.4, -0.2) is 0 Å². The number of rotatable bonds is 3. The number of ether oxygens (including phenoxy) is 1. The van der Waals surface area contributed by atoms with Crippen molar-refractivity contribution in [3.8, 4) is 44.9 Å². The van der Waals surface area contributed by atoms with E-state index in [0.717, 1.165) is 28.6 Å². The van der Waals surface area contributed by atoms with E-state index < -0.39 is 0 Å². The van der Waals surface area contributed by atoms with Crippen molar-refractivity contribution in [2.75, 3.05) is 4.90 Å². The fourth-order valence-corrected chi connectivity index (χ4v) is 9.08. The minimum Gasteiger partial charge on any atom is -0.453 e. The predicted molar refractivity (Wildman–Crippen MR) is 222 cm³/mol. The summed E-state index contributed by atoms with van der Waals surface area (Å²) < 4.78 is 6.50. The molecule has 0 aromatic heterocycles. The summed E-state index contributed by atoms with van der Waals surface area (Å²) in [6, 6.07) is 64.3. The minimum atomic E-state index is -0.0567. The van der Waals surface area contributed by atoms with Crippen molar-refractivity contribution in [3.63, 3.8) is 0 Å². The van der Waals surface area contributed by atoms with Gasteiger partial charge in [0.2, 0.25) is 0 Å². The standard InChI is InChI=1S/C51H35NO/c1-51(2)43-18-8-7-15-37(43)41-31-36(26-28-44(41)51)49-38-16-5-6-17-39(38)50(52-45-19-9-11-21-47(45)53-48-22-12-10-20-46(48)52)40-27-25-35(30-42(40)49)34-24-23-32-13-3-4-14-33(32)29-34/h3-31H,1-2H3. The minimum absolute atomic E-state index is 0.0567. The van der Waals surface area contributed by atoms with Gasteiger partial charge in [-0.2, -0.15) is 0 Å². The van der Waals surface area contributed by atoms with Crippen molar-refractivity contribution in [2.24, 2.45) is 0 Å². The number of hydrogen-bond donors (Lipinski definition) is 0. The van der Waals surface area contributed by atoms with Crippen molar-refractivity contribution in [1.29, 1.82) is 0 Å². The Kier molecular flexibility index (Phi) is 6.33. The monoisotopic (exact) mass is 677 g/mol. The van der Waals surface area contributed by atoms with Crippen LogP contribution in [0.5, 0.6) is 11.5 Å². The summed E-state index contributed by atoms with van der Waals surface area (Å²) in [5.41, 5.74) is 13.5. The fourth-order valence-electron chi connectivity index (χ4n) is 9.08. The number of benzene rings is 9. The van der Waals surface area contributed by atoms with Gasteiger partial charge in [-0.05, 0) is 109 Å². The zero-order valence-corrected chi connectivity index (χ0v) is 29.6. The molecule has 0 fully saturated rings. The van der Waals surface area contributed by atoms with Crippen molar-refractivity contribution in [2.45, 2.75) is 19.3 Å². The summed E-state index contributed by atoms with van der Waals surface area (Å²) in [7, 11) is 0. The van der Waals surface area contributed by atoms with Crippen LogP contribution in [0.25, 0.3) is 65.7 Å². The van der Waals surface area contributed by atoms with Gasteiger partial charge in [-0.25, -0.2) is 0 Å². The highest BCUT2D eigenvalue weighted by Crippen LogP contribution is 2.56. The molecule has 1 aliphatic heterocycles. The van der Waals surface area contributed by atoms with Gasteiger partial charge < -0.3 is 9.64 Å². The fraction of sp³-hybridized carbons (Fsp3) is 0.0588. The maximum absolute atomic E-state index is 6.50. The second kappa shape index (κ2) is 11.2. The Morgan fingerprint density at radius 1 is 0.415 bits per heavy atom. The van der Waals surface area contributed by atoms with E-state index in [1.807, 2.05) is 12.1 Å². The first-order valence-electron chi connectivity index (χ1n) is 18.4. The Labute approximate surface area is 309 Å². The first kappa shape index (κ1) is 30.0. The molecule has 0 radical (unpaired) electrons. The topological polar surface area (TPSA) is 12.5 Å². The van der Waals surface area contributed by atoms with E-state index in [4.69, 9.17) is 4.74 Å². The summed E-state index contributed by atoms with van der Waals surface area (Å²) in [5.74, 6) is 1.69. The molecular formula is C51H35NO. The summed E-state index contributed by atoms with van der Waals surface area (Å²) in [4.78, 5) is 2.42. The van der Waals surface area contributed by atoms with Crippen LogP contribution >= 0.6 is 0 Å². The number of nitrogens with zero attached hydrogens (tertiary/aromatic N) is 1. The largest absolute Gasteiger partial charge is 0.453 e. The van der Waals surface area contributed by atoms with Crippen LogP contribution in [0.15, 0.2) is 176 Å². The van der Waals surface area contributed by atoms with E-state index in [1.165, 1.54) is 76.8 Å². The van der Waals surface area contributed by atoms with Gasteiger partial charge in [0, 0.05) is 16.2 Å². The molecule has 0 N–H and O–H groups in total. The quantitative estimate of drug-likeness (QED) is 0.173. The Morgan fingerprint density at radius 2 is 1.00 bits per heavy atom. The summed E-state index contributed by atoms with van der Waals surface area (Å²) >= 11 is 0. The third kappa shape index (κ3) is 4.39. The van der Waals surface area contributed by atoms with Crippen molar-refractivity contribution in [3.05, 3.63) is 187 Å². The second-order valence-corrected chi connectivity index (χ2v) is 14.9. The lowest BCUT2D eigenvalue weighted by Crippen LogP contribution is -2.16. The van der Waals surface area contributed by atoms with E-state index in [1.54, 1.807) is 0 Å². The molecule has 250 valence electrons. The number of anilines is 3. The first-order valence-corrected chi connectivity index (χ1v) is 18.4. The molecule has 0 amide bonds. The van der Waals surface area contributed by atoms with Crippen LogP contribution in [-0.2, 0) is 5.41 Å². The first-order chi connectivity index (χ1) is 26.0. The van der Waals surface area contributed by atoms with Crippen molar-refractivity contribution in [1.82, 2.24) is 0 Å². The van der Waals surface area contributed by atoms with Gasteiger partial charge in [0.25, 0.3) is 0 Å². The molecule has 0 unspecified atom stereocenters. The lowest BCUT2D eigenvalue weighted by Gasteiger charge is -2.35. The Morgan fingerprint density at radius 3 is 1.81 bits per heavy atom. The van der Waals surface area contributed by atoms with Crippen LogP contribution < -0.4 is 9.64 Å². The zero-order valence-electron chi connectivity index (χ0n) is 29.6. The normalized spacial score (nSPS) is 13.7. The van der Waals surface area contributed by atoms with Gasteiger partial charge in [-0.15, -0.1) is 0 Å². The molecule has 0 spiro atoms. The maximum Gasteiger partial charge on any atom is 0.151 e. The molecule has 0 bridgehead atoms. The SMILES string of the molecule is CC1(C)c2ccccc2-c2cc(-c3c4ccccc4c(N4c5ccccc5Oc5ccccc54)c4ccc(-c5ccc6ccccc6c5)cc34)ccc21. The van der Waals surface area contributed by atoms with E-state index in [2.05, 4.69) is 183 Å². The molecule has 53 heavy (non-hydrogen) atoms. The van der Waals surface area contributed by atoms with Crippen LogP contribution in [0, 0.1) is 0 Å². The molecule has 2 aliphatic rings. The van der Waals surface area contributed by atoms with E-state index >= 15 is 0 Å². The lowest BCUT2D eigenvalue weighted by atomic mass is 9.81. The average molecular weight is 678 g/mol. The third-order valence-corrected chi connectivity index (χ3v) is 11.6. The molecule has 1 aliphatic carbocycles. The molecule has 1 heterocycles. The van der Waals surface area contributed by atoms with Crippen LogP contribution in [0.3, 0.4) is 0 Å². The van der Waals surface area contributed by atoms with Gasteiger partial charge in [-0.3, -0.25) is 0 Å². The van der Waals surface area contributed by atoms with Crippen LogP contribution in [0.4, 0.5) is 17.1 Å². The molecule has 9 aromatic carbocycles. The molecule has 0 saturated heterocycles. The highest BCUT2D eigenvalue weighted by Gasteiger charge is 2.36. The Balaban J connectivity index is 1.25. The molecule has 2 nitrogen and oxygen atoms in total. The molecule has 0 atom stereocenters. The van der Waals surface area contributed by atoms with Crippen molar-refractivity contribution < 1.29 is 4.74 Å². The van der Waals surface area contributed by atoms with E-state index in [-0.39, 0.29) is 5.41 Å². The maximum atomic E-state index is 6.50. The summed E-state index contributed by atoms with van der Waals surface area (Å²) in [6.07, 6.45) is 0. The van der Waals surface area contributed by atoms with E-state index in [9.17, 15) is 0 Å². The van der Waals surface area contributed by atoms with Gasteiger partial charge in [0.15, 0.2) is 11.5 Å². The second-order valence-electron chi connectivity index (χ2n) is 14.9. The summed E-state index contributed by atoms with van der Waals surface area (Å²) in [5, 5.41) is 7.31. The summed E-state index contributed by atoms with van der Waals surface area (Å²) in [6.45, 7) is 4.70. The van der Waals surface area contributed by atoms with Crippen LogP contribution in [0.2, 0.25) is 0 Å². The van der Waals surface area contributed by atoms with Gasteiger partial charge >= 0.3 is 0 Å². The zero-order chi connectivity index (χ0) is 35.3. The smallest absolute Gasteiger partial charge is 0.151 e. The molecular weight excluding hydrogens is 643 g/mol. The van der Waals surface area contributed by atoms with Gasteiger partial charge in [0.05, 0.1) is 17.1 Å². The van der Waals surface area contributed by atoms with Crippen LogP contribution in [0.1, 0.15) is 25.0 Å². The average Bonchev–Trinajstić information content (AvgIpc) is 3.44. The lowest BCUT2D eigenvalue weighted by molar-refractivity contribution is 0.477. The van der Waals surface area contributed by atoms with E-state index in [0.29, 0.717) is 0 Å². The Bertz CT molecular complexity index is 2930. The molecule has 2 heteroatoms. The number of fused-ring (bicyclic) bond motifs is 8. The van der Waals surface area contributed by atoms with Gasteiger partial charge in [0.1, 0.15) is 0 Å². The highest BCUT2D eigenvalue weighted by atomic mass is 16.5. The number of para-hydroxylation sites is 4. The van der Waals surface area contributed by atoms with Crippen molar-refractivity contribution >= 4 is 49.4 Å². The molecule has 9 aromatic rings. The van der Waals surface area contributed by atoms with Gasteiger partial charge in [-0.1, -0.05) is 147 Å². The highest BCUT2D eigenvalue weighted by molar-refractivity contribution is 6.23.